The second-order valence-electron chi connectivity index (χ2n) is 6.42. The highest BCUT2D eigenvalue weighted by molar-refractivity contribution is 7.89. The van der Waals surface area contributed by atoms with E-state index in [1.165, 1.54) is 30.5 Å². The molecule has 0 bridgehead atoms. The van der Waals surface area contributed by atoms with Crippen molar-refractivity contribution in [1.82, 2.24) is 10.0 Å². The number of sulfonamides is 1. The van der Waals surface area contributed by atoms with Crippen LogP contribution in [-0.2, 0) is 23.1 Å². The van der Waals surface area contributed by atoms with Crippen LogP contribution in [-0.4, -0.2) is 20.7 Å². The topological polar surface area (TPSA) is 97.6 Å². The van der Waals surface area contributed by atoms with Crippen molar-refractivity contribution >= 4 is 27.5 Å². The van der Waals surface area contributed by atoms with Crippen molar-refractivity contribution in [3.05, 3.63) is 82.8 Å². The fourth-order valence-corrected chi connectivity index (χ4v) is 4.12. The van der Waals surface area contributed by atoms with Crippen molar-refractivity contribution in [2.45, 2.75) is 24.3 Å². The second kappa shape index (κ2) is 9.63. The second-order valence-corrected chi connectivity index (χ2v) is 8.57. The van der Waals surface area contributed by atoms with Gasteiger partial charge in [0, 0.05) is 12.1 Å². The molecular weight excluding hydrogens is 473 g/mol. The first-order valence-electron chi connectivity index (χ1n) is 8.98. The zero-order chi connectivity index (χ0) is 23.4. The minimum absolute atomic E-state index is 0.00736. The highest BCUT2D eigenvalue weighted by Crippen LogP contribution is 2.24. The summed E-state index contributed by atoms with van der Waals surface area (Å²) in [5.41, 5.74) is 0.541. The molecule has 1 amide bonds. The molecule has 0 aliphatic rings. The largest absolute Gasteiger partial charge is 0.573 e. The Labute approximate surface area is 186 Å². The SMILES string of the molecule is O=C(NCc1ccc(OC(F)(F)F)cc1)c1ccc(Cl)c(S(=O)(=O)NCc2ccco2)c1. The summed E-state index contributed by atoms with van der Waals surface area (Å²) in [7, 11) is -4.04. The molecule has 0 saturated carbocycles. The number of ether oxygens (including phenoxy) is 1. The Kier molecular flexibility index (Phi) is 7.12. The molecule has 0 unspecified atom stereocenters. The van der Waals surface area contributed by atoms with Crippen LogP contribution in [0.15, 0.2) is 70.2 Å². The summed E-state index contributed by atoms with van der Waals surface area (Å²) in [6, 6.07) is 11.9. The molecule has 32 heavy (non-hydrogen) atoms. The van der Waals surface area contributed by atoms with Gasteiger partial charge in [-0.15, -0.1) is 13.2 Å². The molecule has 0 saturated heterocycles. The van der Waals surface area contributed by atoms with Crippen molar-refractivity contribution in [1.29, 1.82) is 0 Å². The third kappa shape index (κ3) is 6.49. The van der Waals surface area contributed by atoms with E-state index in [9.17, 15) is 26.4 Å². The predicted octanol–water partition coefficient (Wildman–Crippen LogP) is 4.24. The average molecular weight is 489 g/mol. The van der Waals surface area contributed by atoms with Gasteiger partial charge in [-0.2, -0.15) is 0 Å². The molecule has 170 valence electrons. The Hall–Kier alpha value is -3.02. The molecule has 7 nitrogen and oxygen atoms in total. The third-order valence-electron chi connectivity index (χ3n) is 4.11. The van der Waals surface area contributed by atoms with E-state index >= 15 is 0 Å². The van der Waals surface area contributed by atoms with Gasteiger partial charge >= 0.3 is 6.36 Å². The van der Waals surface area contributed by atoms with Gasteiger partial charge in [-0.05, 0) is 48.0 Å². The summed E-state index contributed by atoms with van der Waals surface area (Å²) >= 11 is 6.01. The highest BCUT2D eigenvalue weighted by atomic mass is 35.5. The summed E-state index contributed by atoms with van der Waals surface area (Å²) in [5.74, 6) is -0.591. The van der Waals surface area contributed by atoms with E-state index in [2.05, 4.69) is 14.8 Å². The molecule has 3 aromatic rings. The normalized spacial score (nSPS) is 11.9. The maximum atomic E-state index is 12.6. The van der Waals surface area contributed by atoms with Crippen LogP contribution < -0.4 is 14.8 Å². The first-order chi connectivity index (χ1) is 15.0. The molecule has 3 rings (SSSR count). The number of hydrogen-bond donors (Lipinski definition) is 2. The molecule has 1 aromatic heterocycles. The molecule has 12 heteroatoms. The van der Waals surface area contributed by atoms with Crippen molar-refractivity contribution in [3.8, 4) is 5.75 Å². The fourth-order valence-electron chi connectivity index (χ4n) is 2.60. The minimum atomic E-state index is -4.80. The predicted molar refractivity (Wildman–Crippen MR) is 108 cm³/mol. The van der Waals surface area contributed by atoms with E-state index in [1.807, 2.05) is 0 Å². The standard InChI is InChI=1S/C20H16ClF3N2O5S/c21-17-8-5-14(10-18(17)32(28,29)26-12-16-2-1-9-30-16)19(27)25-11-13-3-6-15(7-4-13)31-20(22,23)24/h1-10,26H,11-12H2,(H,25,27). The zero-order valence-electron chi connectivity index (χ0n) is 16.1. The monoisotopic (exact) mass is 488 g/mol. The Balaban J connectivity index is 1.65. The number of amides is 1. The van der Waals surface area contributed by atoms with E-state index in [-0.39, 0.29) is 34.3 Å². The lowest BCUT2D eigenvalue weighted by atomic mass is 10.2. The molecule has 2 aromatic carbocycles. The molecule has 0 aliphatic heterocycles. The number of carbonyl (C=O) groups excluding carboxylic acids is 1. The third-order valence-corrected chi connectivity index (χ3v) is 5.99. The van der Waals surface area contributed by atoms with Crippen LogP contribution in [0.4, 0.5) is 13.2 Å². The minimum Gasteiger partial charge on any atom is -0.468 e. The molecule has 0 fully saturated rings. The maximum absolute atomic E-state index is 12.6. The van der Waals surface area contributed by atoms with Crippen LogP contribution in [0.5, 0.6) is 5.75 Å². The Bertz CT molecular complexity index is 1180. The quantitative estimate of drug-likeness (QED) is 0.494. The number of benzene rings is 2. The number of furan rings is 1. The molecule has 2 N–H and O–H groups in total. The molecule has 0 aliphatic carbocycles. The van der Waals surface area contributed by atoms with Crippen LogP contribution in [0.2, 0.25) is 5.02 Å². The van der Waals surface area contributed by atoms with Crippen LogP contribution in [0.3, 0.4) is 0 Å². The Morgan fingerprint density at radius 2 is 1.78 bits per heavy atom. The van der Waals surface area contributed by atoms with Crippen molar-refractivity contribution in [2.24, 2.45) is 0 Å². The summed E-state index contributed by atoms with van der Waals surface area (Å²) < 4.78 is 73.0. The van der Waals surface area contributed by atoms with Crippen molar-refractivity contribution in [3.63, 3.8) is 0 Å². The number of halogens is 4. The Morgan fingerprint density at radius 3 is 2.41 bits per heavy atom. The summed E-state index contributed by atoms with van der Waals surface area (Å²) in [5, 5.41) is 2.48. The average Bonchev–Trinajstić information content (AvgIpc) is 3.24. The van der Waals surface area contributed by atoms with Gasteiger partial charge in [-0.25, -0.2) is 13.1 Å². The zero-order valence-corrected chi connectivity index (χ0v) is 17.7. The van der Waals surface area contributed by atoms with E-state index in [0.29, 0.717) is 11.3 Å². The van der Waals surface area contributed by atoms with Gasteiger partial charge in [0.25, 0.3) is 5.91 Å². The van der Waals surface area contributed by atoms with Crippen LogP contribution in [0, 0.1) is 0 Å². The van der Waals surface area contributed by atoms with Crippen LogP contribution >= 0.6 is 11.6 Å². The Morgan fingerprint density at radius 1 is 1.06 bits per heavy atom. The summed E-state index contributed by atoms with van der Waals surface area (Å²) in [6.07, 6.45) is -3.40. The first-order valence-corrected chi connectivity index (χ1v) is 10.8. The van der Waals surface area contributed by atoms with E-state index < -0.39 is 22.3 Å². The molecular formula is C20H16ClF3N2O5S. The molecule has 0 radical (unpaired) electrons. The first kappa shape index (κ1) is 23.6. The number of nitrogens with one attached hydrogen (secondary N) is 2. The fraction of sp³-hybridized carbons (Fsp3) is 0.150. The van der Waals surface area contributed by atoms with Gasteiger partial charge in [0.05, 0.1) is 17.8 Å². The number of carbonyl (C=O) groups is 1. The van der Waals surface area contributed by atoms with Crippen LogP contribution in [0.25, 0.3) is 0 Å². The number of alkyl halides is 3. The molecule has 0 atom stereocenters. The van der Waals surface area contributed by atoms with Crippen molar-refractivity contribution in [2.75, 3.05) is 0 Å². The van der Waals surface area contributed by atoms with E-state index in [0.717, 1.165) is 18.2 Å². The molecule has 1 heterocycles. The van der Waals surface area contributed by atoms with E-state index in [4.69, 9.17) is 16.0 Å². The lowest BCUT2D eigenvalue weighted by Crippen LogP contribution is -2.25. The molecule has 0 spiro atoms. The van der Waals surface area contributed by atoms with Gasteiger partial charge in [0.2, 0.25) is 10.0 Å². The van der Waals surface area contributed by atoms with E-state index in [1.54, 1.807) is 12.1 Å². The lowest BCUT2D eigenvalue weighted by molar-refractivity contribution is -0.274. The number of rotatable bonds is 8. The highest BCUT2D eigenvalue weighted by Gasteiger charge is 2.31. The van der Waals surface area contributed by atoms with Gasteiger partial charge < -0.3 is 14.5 Å². The maximum Gasteiger partial charge on any atom is 0.573 e. The summed E-state index contributed by atoms with van der Waals surface area (Å²) in [6.45, 7) is -0.108. The van der Waals surface area contributed by atoms with Gasteiger partial charge in [0.15, 0.2) is 0 Å². The smallest absolute Gasteiger partial charge is 0.468 e. The summed E-state index contributed by atoms with van der Waals surface area (Å²) in [4.78, 5) is 12.2. The van der Waals surface area contributed by atoms with Crippen LogP contribution in [0.1, 0.15) is 21.7 Å². The number of hydrogen-bond acceptors (Lipinski definition) is 5. The lowest BCUT2D eigenvalue weighted by Gasteiger charge is -2.11. The van der Waals surface area contributed by atoms with Gasteiger partial charge in [-0.3, -0.25) is 4.79 Å². The van der Waals surface area contributed by atoms with Crippen molar-refractivity contribution < 1.29 is 35.5 Å². The van der Waals surface area contributed by atoms with Gasteiger partial charge in [-0.1, -0.05) is 23.7 Å². The van der Waals surface area contributed by atoms with Gasteiger partial charge in [0.1, 0.15) is 16.4 Å².